The molecule has 0 amide bonds. The van der Waals surface area contributed by atoms with E-state index in [1.165, 1.54) is 11.3 Å². The van der Waals surface area contributed by atoms with Crippen LogP contribution in [0.2, 0.25) is 0 Å². The first-order chi connectivity index (χ1) is 12.9. The second kappa shape index (κ2) is 7.38. The van der Waals surface area contributed by atoms with Gasteiger partial charge in [0.05, 0.1) is 40.5 Å². The van der Waals surface area contributed by atoms with Crippen LogP contribution in [0.5, 0.6) is 0 Å². The Morgan fingerprint density at radius 2 is 1.96 bits per heavy atom. The lowest BCUT2D eigenvalue weighted by molar-refractivity contribution is 0.122. The third-order valence-corrected chi connectivity index (χ3v) is 8.18. The molecule has 2 aliphatic rings. The van der Waals surface area contributed by atoms with Gasteiger partial charge in [-0.3, -0.25) is 0 Å². The van der Waals surface area contributed by atoms with Gasteiger partial charge in [0.1, 0.15) is 0 Å². The van der Waals surface area contributed by atoms with Gasteiger partial charge in [-0.15, -0.1) is 0 Å². The number of hydrogen-bond acceptors (Lipinski definition) is 8. The van der Waals surface area contributed by atoms with Crippen LogP contribution in [0.15, 0.2) is 23.1 Å². The normalized spacial score (nSPS) is 20.9. The molecule has 2 saturated heterocycles. The van der Waals surface area contributed by atoms with Gasteiger partial charge in [-0.25, -0.2) is 13.4 Å². The average Bonchev–Trinajstić information content (AvgIpc) is 3.32. The smallest absolute Gasteiger partial charge is 0.183 e. The first-order valence-electron chi connectivity index (χ1n) is 8.98. The van der Waals surface area contributed by atoms with Gasteiger partial charge in [-0.1, -0.05) is 11.3 Å². The number of morpholine rings is 1. The summed E-state index contributed by atoms with van der Waals surface area (Å²) >= 11 is 1.38. The van der Waals surface area contributed by atoms with Gasteiger partial charge >= 0.3 is 0 Å². The molecule has 0 radical (unpaired) electrons. The van der Waals surface area contributed by atoms with Crippen LogP contribution in [0.1, 0.15) is 12.1 Å². The summed E-state index contributed by atoms with van der Waals surface area (Å²) in [5.74, 6) is 0. The Morgan fingerprint density at radius 3 is 2.59 bits per heavy atom. The van der Waals surface area contributed by atoms with Crippen molar-refractivity contribution in [2.24, 2.45) is 0 Å². The average molecular weight is 410 g/mol. The fraction of sp³-hybridized carbons (Fsp3) is 0.500. The summed E-state index contributed by atoms with van der Waals surface area (Å²) in [5, 5.41) is -0.00853. The van der Waals surface area contributed by atoms with E-state index in [1.807, 2.05) is 13.0 Å². The second-order valence-electron chi connectivity index (χ2n) is 6.81. The standard InChI is InChI=1S/C18H23N3O4S2/c1-12-17(26-18(19)20-12)13-8-14(21-3-6-24-7-4-21)10-16(9-13)27(22,23)15-2-5-25-11-15/h8-10,15H,2-7,11H2,1H3,(H2,19,20). The molecular weight excluding hydrogens is 386 g/mol. The van der Waals surface area contributed by atoms with Crippen molar-refractivity contribution in [2.45, 2.75) is 23.5 Å². The summed E-state index contributed by atoms with van der Waals surface area (Å²) in [4.78, 5) is 7.70. The van der Waals surface area contributed by atoms with Gasteiger partial charge in [0, 0.05) is 25.4 Å². The van der Waals surface area contributed by atoms with Crippen molar-refractivity contribution >= 4 is 32.0 Å². The number of anilines is 2. The summed E-state index contributed by atoms with van der Waals surface area (Å²) in [6, 6.07) is 5.55. The number of nitrogens with two attached hydrogens (primary N) is 1. The number of aromatic nitrogens is 1. The highest BCUT2D eigenvalue weighted by Gasteiger charge is 2.32. The van der Waals surface area contributed by atoms with Crippen LogP contribution in [0, 0.1) is 6.92 Å². The molecular formula is C18H23N3O4S2. The minimum absolute atomic E-state index is 0.256. The van der Waals surface area contributed by atoms with Crippen molar-refractivity contribution in [3.05, 3.63) is 23.9 Å². The molecule has 2 aliphatic heterocycles. The van der Waals surface area contributed by atoms with Crippen LogP contribution in [0.3, 0.4) is 0 Å². The maximum atomic E-state index is 13.2. The maximum Gasteiger partial charge on any atom is 0.183 e. The van der Waals surface area contributed by atoms with Crippen LogP contribution >= 0.6 is 11.3 Å². The van der Waals surface area contributed by atoms with Crippen LogP contribution in [0.25, 0.3) is 10.4 Å². The van der Waals surface area contributed by atoms with Gasteiger partial charge in [0.2, 0.25) is 0 Å². The molecule has 1 aromatic carbocycles. The molecule has 3 heterocycles. The number of rotatable bonds is 4. The summed E-state index contributed by atoms with van der Waals surface area (Å²) < 4.78 is 37.1. The number of thiazole rings is 1. The molecule has 0 bridgehead atoms. The van der Waals surface area contributed by atoms with Gasteiger partial charge in [-0.05, 0) is 37.1 Å². The van der Waals surface area contributed by atoms with E-state index in [1.54, 1.807) is 12.1 Å². The maximum absolute atomic E-state index is 13.2. The molecule has 2 fully saturated rings. The zero-order chi connectivity index (χ0) is 19.0. The van der Waals surface area contributed by atoms with Gasteiger partial charge in [0.25, 0.3) is 0 Å². The predicted molar refractivity (Wildman–Crippen MR) is 106 cm³/mol. The van der Waals surface area contributed by atoms with E-state index in [0.29, 0.717) is 36.3 Å². The molecule has 0 saturated carbocycles. The fourth-order valence-corrected chi connectivity index (χ4v) is 5.98. The van der Waals surface area contributed by atoms with E-state index in [0.717, 1.165) is 34.9 Å². The number of aryl methyl sites for hydroxylation is 1. The zero-order valence-corrected chi connectivity index (χ0v) is 16.8. The number of nitrogens with zero attached hydrogens (tertiary/aromatic N) is 2. The Bertz CT molecular complexity index is 930. The second-order valence-corrected chi connectivity index (χ2v) is 10.1. The molecule has 1 aromatic heterocycles. The number of benzene rings is 1. The lowest BCUT2D eigenvalue weighted by Crippen LogP contribution is -2.36. The summed E-state index contributed by atoms with van der Waals surface area (Å²) in [5.41, 5.74) is 8.40. The largest absolute Gasteiger partial charge is 0.380 e. The number of hydrogen-bond donors (Lipinski definition) is 1. The molecule has 7 nitrogen and oxygen atoms in total. The van der Waals surface area contributed by atoms with Crippen molar-refractivity contribution in [1.29, 1.82) is 0 Å². The van der Waals surface area contributed by atoms with Crippen molar-refractivity contribution in [3.8, 4) is 10.4 Å². The lowest BCUT2D eigenvalue weighted by Gasteiger charge is -2.29. The molecule has 9 heteroatoms. The highest BCUT2D eigenvalue weighted by Crippen LogP contribution is 2.37. The van der Waals surface area contributed by atoms with Gasteiger partial charge in [-0.2, -0.15) is 0 Å². The Morgan fingerprint density at radius 1 is 1.19 bits per heavy atom. The van der Waals surface area contributed by atoms with E-state index in [4.69, 9.17) is 15.2 Å². The van der Waals surface area contributed by atoms with E-state index < -0.39 is 15.1 Å². The van der Waals surface area contributed by atoms with Crippen LogP contribution in [-0.4, -0.2) is 58.2 Å². The lowest BCUT2D eigenvalue weighted by atomic mass is 10.1. The molecule has 146 valence electrons. The number of sulfone groups is 1. The first-order valence-corrected chi connectivity index (χ1v) is 11.3. The monoisotopic (exact) mass is 409 g/mol. The molecule has 0 aliphatic carbocycles. The molecule has 27 heavy (non-hydrogen) atoms. The van der Waals surface area contributed by atoms with Crippen LogP contribution in [-0.2, 0) is 19.3 Å². The molecule has 0 spiro atoms. The number of nitrogen functional groups attached to an aromatic ring is 1. The topological polar surface area (TPSA) is 94.7 Å². The van der Waals surface area contributed by atoms with E-state index >= 15 is 0 Å². The first kappa shape index (κ1) is 18.7. The Labute approximate surface area is 163 Å². The summed E-state index contributed by atoms with van der Waals surface area (Å²) in [6.45, 7) is 5.38. The van der Waals surface area contributed by atoms with Crippen LogP contribution < -0.4 is 10.6 Å². The highest BCUT2D eigenvalue weighted by atomic mass is 32.2. The molecule has 4 rings (SSSR count). The van der Waals surface area contributed by atoms with Crippen molar-refractivity contribution in [1.82, 2.24) is 4.98 Å². The van der Waals surface area contributed by atoms with E-state index in [2.05, 4.69) is 9.88 Å². The molecule has 1 unspecified atom stereocenters. The minimum atomic E-state index is -3.47. The Hall–Kier alpha value is -1.68. The predicted octanol–water partition coefficient (Wildman–Crippen LogP) is 2.10. The SMILES string of the molecule is Cc1nc(N)sc1-c1cc(N2CCOCC2)cc(S(=O)(=O)C2CCOC2)c1. The molecule has 1 atom stereocenters. The van der Waals surface area contributed by atoms with Crippen molar-refractivity contribution in [3.63, 3.8) is 0 Å². The highest BCUT2D eigenvalue weighted by molar-refractivity contribution is 7.92. The Kier molecular flexibility index (Phi) is 5.11. The molecule has 2 N–H and O–H groups in total. The summed E-state index contributed by atoms with van der Waals surface area (Å²) in [7, 11) is -3.47. The van der Waals surface area contributed by atoms with Crippen LogP contribution in [0.4, 0.5) is 10.8 Å². The number of ether oxygens (including phenoxy) is 2. The van der Waals surface area contributed by atoms with Crippen molar-refractivity contribution < 1.29 is 17.9 Å². The molecule has 2 aromatic rings. The van der Waals surface area contributed by atoms with E-state index in [-0.39, 0.29) is 6.61 Å². The minimum Gasteiger partial charge on any atom is -0.380 e. The quantitative estimate of drug-likeness (QED) is 0.826. The van der Waals surface area contributed by atoms with Gasteiger partial charge < -0.3 is 20.1 Å². The third kappa shape index (κ3) is 3.69. The van der Waals surface area contributed by atoms with Crippen molar-refractivity contribution in [2.75, 3.05) is 50.2 Å². The van der Waals surface area contributed by atoms with E-state index in [9.17, 15) is 8.42 Å². The summed E-state index contributed by atoms with van der Waals surface area (Å²) in [6.07, 6.45) is 0.534. The van der Waals surface area contributed by atoms with Gasteiger partial charge in [0.15, 0.2) is 15.0 Å². The fourth-order valence-electron chi connectivity index (χ4n) is 3.52. The Balaban J connectivity index is 1.82. The zero-order valence-electron chi connectivity index (χ0n) is 15.2. The third-order valence-electron chi connectivity index (χ3n) is 5.00.